The van der Waals surface area contributed by atoms with Crippen molar-refractivity contribution in [2.45, 2.75) is 45.1 Å². The van der Waals surface area contributed by atoms with Crippen molar-refractivity contribution in [1.82, 2.24) is 24.8 Å². The molecule has 0 aliphatic carbocycles. The van der Waals surface area contributed by atoms with E-state index in [0.29, 0.717) is 70.3 Å². The topological polar surface area (TPSA) is 77.1 Å². The van der Waals surface area contributed by atoms with Gasteiger partial charge in [0.2, 0.25) is 11.7 Å². The van der Waals surface area contributed by atoms with Gasteiger partial charge in [0.05, 0.1) is 11.7 Å². The molecular weight excluding hydrogens is 440 g/mol. The number of carbonyl (C=O) groups is 1. The van der Waals surface area contributed by atoms with Gasteiger partial charge in [-0.15, -0.1) is 0 Å². The number of amides is 1. The molecule has 34 heavy (non-hydrogen) atoms. The van der Waals surface area contributed by atoms with Crippen molar-refractivity contribution in [3.8, 4) is 11.4 Å². The number of halogens is 2. The lowest BCUT2D eigenvalue weighted by Gasteiger charge is -2.30. The molecule has 1 aliphatic heterocycles. The highest BCUT2D eigenvalue weighted by Gasteiger charge is 2.28. The van der Waals surface area contributed by atoms with E-state index < -0.39 is 6.55 Å². The lowest BCUT2D eigenvalue weighted by Crippen LogP contribution is -2.38. The normalized spacial score (nSPS) is 15.1. The Balaban J connectivity index is 1.26. The molecule has 3 heterocycles. The minimum atomic E-state index is -2.73. The van der Waals surface area contributed by atoms with Crippen LogP contribution in [0.3, 0.4) is 0 Å². The first kappa shape index (κ1) is 22.2. The molecule has 2 aromatic heterocycles. The number of alkyl halides is 2. The van der Waals surface area contributed by atoms with Crippen LogP contribution in [0.25, 0.3) is 22.3 Å². The fraction of sp³-hybridized carbons (Fsp3) is 0.360. The molecule has 176 valence electrons. The van der Waals surface area contributed by atoms with Gasteiger partial charge in [-0.25, -0.2) is 4.68 Å². The van der Waals surface area contributed by atoms with E-state index in [-0.39, 0.29) is 11.8 Å². The maximum absolute atomic E-state index is 13.2. The molecule has 5 rings (SSSR count). The quantitative estimate of drug-likeness (QED) is 0.382. The summed E-state index contributed by atoms with van der Waals surface area (Å²) < 4.78 is 32.5. The zero-order valence-electron chi connectivity index (χ0n) is 19.0. The van der Waals surface area contributed by atoms with Crippen molar-refractivity contribution < 1.29 is 18.1 Å². The van der Waals surface area contributed by atoms with Crippen LogP contribution in [0.15, 0.2) is 53.2 Å². The summed E-state index contributed by atoms with van der Waals surface area (Å²) in [6.45, 7) is 2.73. The summed E-state index contributed by atoms with van der Waals surface area (Å²) in [5.41, 5.74) is 2.80. The minimum absolute atomic E-state index is 0.0314. The van der Waals surface area contributed by atoms with Gasteiger partial charge in [0.1, 0.15) is 0 Å². The van der Waals surface area contributed by atoms with E-state index in [2.05, 4.69) is 29.1 Å². The second-order valence-corrected chi connectivity index (χ2v) is 8.94. The lowest BCUT2D eigenvalue weighted by atomic mass is 9.96. The average molecular weight is 466 g/mol. The fourth-order valence-corrected chi connectivity index (χ4v) is 4.37. The number of rotatable bonds is 5. The van der Waals surface area contributed by atoms with Crippen LogP contribution in [0, 0.1) is 0 Å². The molecule has 0 unspecified atom stereocenters. The number of aromatic nitrogens is 4. The van der Waals surface area contributed by atoms with E-state index in [1.165, 1.54) is 11.8 Å². The Bertz CT molecular complexity index is 1300. The first-order valence-corrected chi connectivity index (χ1v) is 11.4. The van der Waals surface area contributed by atoms with Crippen LogP contribution >= 0.6 is 0 Å². The first-order chi connectivity index (χ1) is 16.4. The molecule has 1 amide bonds. The van der Waals surface area contributed by atoms with Crippen LogP contribution in [-0.2, 0) is 0 Å². The van der Waals surface area contributed by atoms with Crippen molar-refractivity contribution in [3.63, 3.8) is 0 Å². The van der Waals surface area contributed by atoms with E-state index in [0.717, 1.165) is 0 Å². The summed E-state index contributed by atoms with van der Waals surface area (Å²) in [5, 5.41) is 8.42. The number of benzene rings is 2. The summed E-state index contributed by atoms with van der Waals surface area (Å²) in [6.07, 6.45) is 2.84. The molecule has 0 bridgehead atoms. The average Bonchev–Trinajstić information content (AvgIpc) is 3.51. The van der Waals surface area contributed by atoms with Gasteiger partial charge in [-0.1, -0.05) is 43.3 Å². The van der Waals surface area contributed by atoms with Gasteiger partial charge in [0.15, 0.2) is 0 Å². The molecule has 4 aromatic rings. The molecule has 2 aromatic carbocycles. The Labute approximate surface area is 195 Å². The second kappa shape index (κ2) is 8.96. The van der Waals surface area contributed by atoms with Crippen molar-refractivity contribution >= 4 is 16.8 Å². The monoisotopic (exact) mass is 465 g/mol. The predicted octanol–water partition coefficient (Wildman–Crippen LogP) is 5.62. The number of piperidine rings is 1. The highest BCUT2D eigenvalue weighted by Crippen LogP contribution is 2.30. The van der Waals surface area contributed by atoms with E-state index in [1.807, 2.05) is 29.2 Å². The van der Waals surface area contributed by atoms with Gasteiger partial charge < -0.3 is 9.42 Å². The molecule has 0 radical (unpaired) electrons. The van der Waals surface area contributed by atoms with Gasteiger partial charge in [-0.3, -0.25) is 4.79 Å². The Morgan fingerprint density at radius 2 is 1.82 bits per heavy atom. The molecule has 7 nitrogen and oxygen atoms in total. The van der Waals surface area contributed by atoms with Gasteiger partial charge in [0.25, 0.3) is 5.91 Å². The van der Waals surface area contributed by atoms with Gasteiger partial charge in [-0.2, -0.15) is 18.9 Å². The first-order valence-electron chi connectivity index (χ1n) is 11.4. The summed E-state index contributed by atoms with van der Waals surface area (Å²) in [4.78, 5) is 19.3. The van der Waals surface area contributed by atoms with Gasteiger partial charge in [-0.05, 0) is 42.5 Å². The van der Waals surface area contributed by atoms with Gasteiger partial charge in [0, 0.05) is 35.5 Å². The molecule has 9 heteroatoms. The van der Waals surface area contributed by atoms with Crippen molar-refractivity contribution in [1.29, 1.82) is 0 Å². The van der Waals surface area contributed by atoms with Crippen molar-refractivity contribution in [2.75, 3.05) is 13.1 Å². The largest absolute Gasteiger partial charge is 0.339 e. The summed E-state index contributed by atoms with van der Waals surface area (Å²) in [7, 11) is 0. The minimum Gasteiger partial charge on any atom is -0.339 e. The van der Waals surface area contributed by atoms with Crippen LogP contribution in [0.4, 0.5) is 8.78 Å². The number of fused-ring (bicyclic) bond motifs is 1. The maximum atomic E-state index is 13.2. The van der Waals surface area contributed by atoms with Crippen LogP contribution in [-0.4, -0.2) is 43.8 Å². The van der Waals surface area contributed by atoms with Crippen LogP contribution in [0.5, 0.6) is 0 Å². The molecule has 1 aliphatic rings. The van der Waals surface area contributed by atoms with E-state index in [9.17, 15) is 13.6 Å². The number of nitrogens with zero attached hydrogens (tertiary/aromatic N) is 5. The van der Waals surface area contributed by atoms with Crippen LogP contribution < -0.4 is 0 Å². The zero-order chi connectivity index (χ0) is 23.8. The van der Waals surface area contributed by atoms with Crippen LogP contribution in [0.2, 0.25) is 0 Å². The predicted molar refractivity (Wildman–Crippen MR) is 123 cm³/mol. The van der Waals surface area contributed by atoms with E-state index >= 15 is 0 Å². The molecule has 0 N–H and O–H groups in total. The standard InChI is InChI=1S/C25H25F2N5O2/c1-15(2)16-3-5-18(6-4-16)24(33)31-11-9-17(10-12-31)23-29-22(30-34-23)19-7-8-20-14-28-32(25(26)27)21(20)13-19/h3-8,13-15,17,25H,9-12H2,1-2H3. The van der Waals surface area contributed by atoms with Crippen LogP contribution in [0.1, 0.15) is 66.9 Å². The molecule has 1 saturated heterocycles. The molecule has 0 spiro atoms. The highest BCUT2D eigenvalue weighted by molar-refractivity contribution is 5.94. The number of carbonyl (C=O) groups excluding carboxylic acids is 1. The smallest absolute Gasteiger partial charge is 0.333 e. The van der Waals surface area contributed by atoms with Crippen molar-refractivity contribution in [3.05, 3.63) is 65.7 Å². The Hall–Kier alpha value is -3.62. The highest BCUT2D eigenvalue weighted by atomic mass is 19.3. The third kappa shape index (κ3) is 4.18. The number of hydrogen-bond acceptors (Lipinski definition) is 5. The summed E-state index contributed by atoms with van der Waals surface area (Å²) in [5.74, 6) is 1.36. The lowest BCUT2D eigenvalue weighted by molar-refractivity contribution is 0.0615. The SMILES string of the molecule is CC(C)c1ccc(C(=O)N2CCC(c3nc(-c4ccc5cnn(C(F)F)c5c4)no3)CC2)cc1. The van der Waals surface area contributed by atoms with E-state index in [4.69, 9.17) is 4.52 Å². The summed E-state index contributed by atoms with van der Waals surface area (Å²) in [6, 6.07) is 12.9. The van der Waals surface area contributed by atoms with Crippen molar-refractivity contribution in [2.24, 2.45) is 0 Å². The van der Waals surface area contributed by atoms with Gasteiger partial charge >= 0.3 is 6.55 Å². The Kier molecular flexibility index (Phi) is 5.85. The Morgan fingerprint density at radius 1 is 1.09 bits per heavy atom. The molecular formula is C25H25F2N5O2. The second-order valence-electron chi connectivity index (χ2n) is 8.94. The maximum Gasteiger partial charge on any atom is 0.333 e. The molecule has 0 atom stereocenters. The number of likely N-dealkylation sites (tertiary alicyclic amines) is 1. The molecule has 1 fully saturated rings. The third-order valence-corrected chi connectivity index (χ3v) is 6.44. The summed E-state index contributed by atoms with van der Waals surface area (Å²) >= 11 is 0. The Morgan fingerprint density at radius 3 is 2.50 bits per heavy atom. The van der Waals surface area contributed by atoms with E-state index in [1.54, 1.807) is 18.2 Å². The third-order valence-electron chi connectivity index (χ3n) is 6.44. The zero-order valence-corrected chi connectivity index (χ0v) is 19.0. The fourth-order valence-electron chi connectivity index (χ4n) is 4.37. The number of hydrogen-bond donors (Lipinski definition) is 0. The molecule has 0 saturated carbocycles.